The minimum Gasteiger partial charge on any atom is -0.324 e. The van der Waals surface area contributed by atoms with Crippen LogP contribution in [0.15, 0.2) is 53.4 Å². The number of urea groups is 1. The summed E-state index contributed by atoms with van der Waals surface area (Å²) in [5.41, 5.74) is 0.414. The summed E-state index contributed by atoms with van der Waals surface area (Å²) in [6.45, 7) is 4.02. The van der Waals surface area contributed by atoms with Crippen molar-refractivity contribution in [3.8, 4) is 0 Å². The van der Waals surface area contributed by atoms with Crippen molar-refractivity contribution in [2.45, 2.75) is 50.0 Å². The first-order valence-electron chi connectivity index (χ1n) is 11.8. The Morgan fingerprint density at radius 3 is 2.40 bits per heavy atom. The zero-order valence-corrected chi connectivity index (χ0v) is 20.7. The molecule has 9 nitrogen and oxygen atoms in total. The number of anilines is 1. The van der Waals surface area contributed by atoms with Gasteiger partial charge in [0.05, 0.1) is 4.90 Å². The van der Waals surface area contributed by atoms with Crippen molar-refractivity contribution in [1.82, 2.24) is 14.5 Å². The zero-order chi connectivity index (χ0) is 25.2. The average molecular weight is 499 g/mol. The van der Waals surface area contributed by atoms with Crippen molar-refractivity contribution in [2.24, 2.45) is 0 Å². The maximum Gasteiger partial charge on any atom is 0.325 e. The minimum absolute atomic E-state index is 0.101. The topological polar surface area (TPSA) is 116 Å². The van der Waals surface area contributed by atoms with Crippen LogP contribution in [0.3, 0.4) is 0 Å². The van der Waals surface area contributed by atoms with Crippen molar-refractivity contribution in [3.05, 3.63) is 59.7 Å². The Bertz CT molecular complexity index is 1240. The van der Waals surface area contributed by atoms with E-state index >= 15 is 0 Å². The van der Waals surface area contributed by atoms with Gasteiger partial charge in [-0.15, -0.1) is 0 Å². The van der Waals surface area contributed by atoms with Gasteiger partial charge < -0.3 is 10.6 Å². The first kappa shape index (κ1) is 24.9. The van der Waals surface area contributed by atoms with Crippen LogP contribution in [-0.2, 0) is 25.2 Å². The Balaban J connectivity index is 1.51. The molecule has 35 heavy (non-hydrogen) atoms. The molecule has 0 bridgehead atoms. The minimum atomic E-state index is -3.67. The normalized spacial score (nSPS) is 21.1. The summed E-state index contributed by atoms with van der Waals surface area (Å²) < 4.78 is 27.6. The first-order valence-corrected chi connectivity index (χ1v) is 13.2. The molecule has 10 heteroatoms. The van der Waals surface area contributed by atoms with Crippen molar-refractivity contribution < 1.29 is 22.8 Å². The average Bonchev–Trinajstić information content (AvgIpc) is 3.11. The monoisotopic (exact) mass is 498 g/mol. The van der Waals surface area contributed by atoms with Crippen molar-refractivity contribution in [2.75, 3.05) is 25.0 Å². The third kappa shape index (κ3) is 4.68. The van der Waals surface area contributed by atoms with Crippen LogP contribution in [0.5, 0.6) is 0 Å². The SMILES string of the molecule is CCC1(c2ccccc2)NC(=O)N(CC(=O)Nc2cc(S(=O)(=O)N3CCCCC3)ccc2C)C1=O. The number of hydrogen-bond acceptors (Lipinski definition) is 5. The summed E-state index contributed by atoms with van der Waals surface area (Å²) in [6.07, 6.45) is 2.98. The second-order valence-corrected chi connectivity index (χ2v) is 10.9. The van der Waals surface area contributed by atoms with Gasteiger partial charge in [-0.25, -0.2) is 13.2 Å². The van der Waals surface area contributed by atoms with Gasteiger partial charge in [0.1, 0.15) is 12.1 Å². The molecule has 1 atom stereocenters. The Morgan fingerprint density at radius 2 is 1.74 bits per heavy atom. The molecule has 2 aliphatic rings. The van der Waals surface area contributed by atoms with Crippen LogP contribution in [0.1, 0.15) is 43.7 Å². The van der Waals surface area contributed by atoms with E-state index in [1.807, 2.05) is 6.07 Å². The van der Waals surface area contributed by atoms with E-state index in [4.69, 9.17) is 0 Å². The molecule has 2 aromatic rings. The second kappa shape index (κ2) is 9.79. The number of carbonyl (C=O) groups excluding carboxylic acids is 3. The van der Waals surface area contributed by atoms with Gasteiger partial charge in [-0.3, -0.25) is 14.5 Å². The van der Waals surface area contributed by atoms with Gasteiger partial charge in [0.25, 0.3) is 5.91 Å². The predicted octanol–water partition coefficient (Wildman–Crippen LogP) is 2.97. The third-order valence-corrected chi connectivity index (χ3v) is 8.60. The van der Waals surface area contributed by atoms with Crippen molar-refractivity contribution in [3.63, 3.8) is 0 Å². The molecule has 2 saturated heterocycles. The number of amides is 4. The van der Waals surface area contributed by atoms with Crippen LogP contribution in [0, 0.1) is 6.92 Å². The first-order chi connectivity index (χ1) is 16.7. The molecule has 4 amide bonds. The van der Waals surface area contributed by atoms with Gasteiger partial charge >= 0.3 is 6.03 Å². The second-order valence-electron chi connectivity index (χ2n) is 8.94. The van der Waals surface area contributed by atoms with E-state index in [2.05, 4.69) is 10.6 Å². The van der Waals surface area contributed by atoms with E-state index < -0.39 is 40.0 Å². The molecule has 4 rings (SSSR count). The molecule has 0 radical (unpaired) electrons. The third-order valence-electron chi connectivity index (χ3n) is 6.71. The molecule has 0 aliphatic carbocycles. The molecule has 1 unspecified atom stereocenters. The number of nitrogens with zero attached hydrogens (tertiary/aromatic N) is 2. The van der Waals surface area contributed by atoms with Crippen LogP contribution in [-0.4, -0.2) is 55.1 Å². The van der Waals surface area contributed by atoms with Gasteiger partial charge in [-0.05, 0) is 49.4 Å². The molecule has 186 valence electrons. The molecule has 2 aromatic carbocycles. The highest BCUT2D eigenvalue weighted by molar-refractivity contribution is 7.89. The summed E-state index contributed by atoms with van der Waals surface area (Å²) >= 11 is 0. The van der Waals surface area contributed by atoms with Gasteiger partial charge in [-0.1, -0.05) is 49.7 Å². The molecule has 2 N–H and O–H groups in total. The summed E-state index contributed by atoms with van der Waals surface area (Å²) in [5, 5.41) is 5.43. The Labute approximate surface area is 205 Å². The fourth-order valence-electron chi connectivity index (χ4n) is 4.62. The summed E-state index contributed by atoms with van der Waals surface area (Å²) in [5.74, 6) is -1.09. The lowest BCUT2D eigenvalue weighted by molar-refractivity contribution is -0.134. The van der Waals surface area contributed by atoms with Crippen LogP contribution in [0.2, 0.25) is 0 Å². The quantitative estimate of drug-likeness (QED) is 0.570. The molecule has 0 aromatic heterocycles. The van der Waals surface area contributed by atoms with E-state index in [0.29, 0.717) is 36.3 Å². The maximum atomic E-state index is 13.3. The van der Waals surface area contributed by atoms with E-state index in [0.717, 1.165) is 24.2 Å². The van der Waals surface area contributed by atoms with Crippen molar-refractivity contribution >= 4 is 33.6 Å². The number of sulfonamides is 1. The van der Waals surface area contributed by atoms with Gasteiger partial charge in [-0.2, -0.15) is 4.31 Å². The number of rotatable bonds is 7. The molecular weight excluding hydrogens is 468 g/mol. The lowest BCUT2D eigenvalue weighted by atomic mass is 9.87. The molecular formula is C25H30N4O5S. The number of nitrogens with one attached hydrogen (secondary N) is 2. The van der Waals surface area contributed by atoms with Gasteiger partial charge in [0.2, 0.25) is 15.9 Å². The highest BCUT2D eigenvalue weighted by atomic mass is 32.2. The molecule has 0 saturated carbocycles. The molecule has 2 heterocycles. The van der Waals surface area contributed by atoms with Crippen LogP contribution in [0.4, 0.5) is 10.5 Å². The standard InChI is InChI=1S/C25H30N4O5S/c1-3-25(19-10-6-4-7-11-19)23(31)29(24(32)27-25)17-22(30)26-21-16-20(13-12-18(21)2)35(33,34)28-14-8-5-9-15-28/h4,6-7,10-13,16H,3,5,8-9,14-15,17H2,1-2H3,(H,26,30)(H,27,32). The van der Waals surface area contributed by atoms with Crippen LogP contribution < -0.4 is 10.6 Å². The predicted molar refractivity (Wildman–Crippen MR) is 131 cm³/mol. The summed E-state index contributed by atoms with van der Waals surface area (Å²) in [7, 11) is -3.67. The number of aryl methyl sites for hydroxylation is 1. The largest absolute Gasteiger partial charge is 0.325 e. The van der Waals surface area contributed by atoms with E-state index in [-0.39, 0.29) is 4.90 Å². The number of hydrogen-bond donors (Lipinski definition) is 2. The zero-order valence-electron chi connectivity index (χ0n) is 19.9. The number of carbonyl (C=O) groups is 3. The van der Waals surface area contributed by atoms with Gasteiger partial charge in [0.15, 0.2) is 0 Å². The summed E-state index contributed by atoms with van der Waals surface area (Å²) in [4.78, 5) is 39.8. The molecule has 2 fully saturated rings. The highest BCUT2D eigenvalue weighted by Crippen LogP contribution is 2.32. The van der Waals surface area contributed by atoms with E-state index in [9.17, 15) is 22.8 Å². The number of imide groups is 1. The number of piperidine rings is 1. The Kier molecular flexibility index (Phi) is 6.95. The maximum absolute atomic E-state index is 13.3. The smallest absolute Gasteiger partial charge is 0.324 e. The highest BCUT2D eigenvalue weighted by Gasteiger charge is 2.51. The fourth-order valence-corrected chi connectivity index (χ4v) is 6.16. The Morgan fingerprint density at radius 1 is 1.06 bits per heavy atom. The van der Waals surface area contributed by atoms with E-state index in [1.165, 1.54) is 16.4 Å². The lowest BCUT2D eigenvalue weighted by Crippen LogP contribution is -2.44. The fraction of sp³-hybridized carbons (Fsp3) is 0.400. The molecule has 0 spiro atoms. The van der Waals surface area contributed by atoms with Crippen LogP contribution in [0.25, 0.3) is 0 Å². The number of benzene rings is 2. The Hall–Kier alpha value is -3.24. The van der Waals surface area contributed by atoms with Gasteiger partial charge in [0, 0.05) is 18.8 Å². The van der Waals surface area contributed by atoms with E-state index in [1.54, 1.807) is 44.2 Å². The summed E-state index contributed by atoms with van der Waals surface area (Å²) in [6, 6.07) is 12.9. The van der Waals surface area contributed by atoms with Crippen LogP contribution >= 0.6 is 0 Å². The molecule has 2 aliphatic heterocycles. The lowest BCUT2D eigenvalue weighted by Gasteiger charge is -2.26. The van der Waals surface area contributed by atoms with Crippen molar-refractivity contribution in [1.29, 1.82) is 0 Å².